The SMILES string of the molecule is N#C[C@H](NC(=O)C1CCN(c2cnccn2)CC1)c1ccccc1F. The van der Waals surface area contributed by atoms with Crippen molar-refractivity contribution in [1.82, 2.24) is 15.3 Å². The molecule has 1 aromatic carbocycles. The van der Waals surface area contributed by atoms with Crippen LogP contribution in [-0.4, -0.2) is 29.0 Å². The lowest BCUT2D eigenvalue weighted by molar-refractivity contribution is -0.126. The number of amides is 1. The van der Waals surface area contributed by atoms with E-state index in [1.54, 1.807) is 30.7 Å². The Morgan fingerprint density at radius 2 is 2.08 bits per heavy atom. The molecule has 1 aliphatic rings. The monoisotopic (exact) mass is 339 g/mol. The average Bonchev–Trinajstić information content (AvgIpc) is 2.67. The van der Waals surface area contributed by atoms with Gasteiger partial charge in [-0.05, 0) is 18.9 Å². The first-order valence-electron chi connectivity index (χ1n) is 8.14. The van der Waals surface area contributed by atoms with Gasteiger partial charge in [0.1, 0.15) is 17.7 Å². The number of carbonyl (C=O) groups is 1. The van der Waals surface area contributed by atoms with E-state index in [9.17, 15) is 14.4 Å². The summed E-state index contributed by atoms with van der Waals surface area (Å²) < 4.78 is 13.8. The second-order valence-electron chi connectivity index (χ2n) is 5.92. The van der Waals surface area contributed by atoms with Gasteiger partial charge in [-0.15, -0.1) is 0 Å². The van der Waals surface area contributed by atoms with Gasteiger partial charge in [0.25, 0.3) is 0 Å². The fraction of sp³-hybridized carbons (Fsp3) is 0.333. The molecule has 1 N–H and O–H groups in total. The first-order chi connectivity index (χ1) is 12.2. The van der Waals surface area contributed by atoms with Crippen molar-refractivity contribution in [2.45, 2.75) is 18.9 Å². The molecule has 0 aliphatic carbocycles. The third-order valence-electron chi connectivity index (χ3n) is 4.37. The van der Waals surface area contributed by atoms with Crippen molar-refractivity contribution in [3.8, 4) is 6.07 Å². The molecular formula is C18H18FN5O. The zero-order valence-electron chi connectivity index (χ0n) is 13.6. The summed E-state index contributed by atoms with van der Waals surface area (Å²) in [7, 11) is 0. The van der Waals surface area contributed by atoms with Gasteiger partial charge in [-0.1, -0.05) is 18.2 Å². The molecule has 0 radical (unpaired) electrons. The van der Waals surface area contributed by atoms with Gasteiger partial charge in [0.05, 0.1) is 12.3 Å². The molecule has 1 atom stereocenters. The lowest BCUT2D eigenvalue weighted by Crippen LogP contribution is -2.41. The van der Waals surface area contributed by atoms with Crippen LogP contribution in [0.4, 0.5) is 10.2 Å². The Bertz CT molecular complexity index is 769. The van der Waals surface area contributed by atoms with E-state index >= 15 is 0 Å². The second-order valence-corrected chi connectivity index (χ2v) is 5.92. The van der Waals surface area contributed by atoms with Crippen molar-refractivity contribution >= 4 is 11.7 Å². The molecule has 128 valence electrons. The van der Waals surface area contributed by atoms with Gasteiger partial charge in [0.2, 0.25) is 5.91 Å². The molecule has 1 aliphatic heterocycles. The standard InChI is InChI=1S/C18H18FN5O/c19-15-4-2-1-3-14(15)16(11-20)23-18(25)13-5-9-24(10-6-13)17-12-21-7-8-22-17/h1-4,7-8,12-13,16H,5-6,9-10H2,(H,23,25)/t16-/m0/s1. The maximum absolute atomic E-state index is 13.8. The van der Waals surface area contributed by atoms with E-state index in [1.807, 2.05) is 6.07 Å². The van der Waals surface area contributed by atoms with Crippen molar-refractivity contribution in [1.29, 1.82) is 5.26 Å². The Kier molecular flexibility index (Phi) is 5.19. The predicted octanol–water partition coefficient (Wildman–Crippen LogP) is 2.21. The molecule has 1 amide bonds. The maximum Gasteiger partial charge on any atom is 0.224 e. The number of nitriles is 1. The Morgan fingerprint density at radius 1 is 1.32 bits per heavy atom. The number of halogens is 1. The summed E-state index contributed by atoms with van der Waals surface area (Å²) in [5, 5.41) is 11.9. The normalized spacial score (nSPS) is 16.1. The highest BCUT2D eigenvalue weighted by Gasteiger charge is 2.28. The summed E-state index contributed by atoms with van der Waals surface area (Å²) in [4.78, 5) is 22.9. The van der Waals surface area contributed by atoms with E-state index in [2.05, 4.69) is 20.2 Å². The minimum atomic E-state index is -0.980. The van der Waals surface area contributed by atoms with Crippen molar-refractivity contribution in [3.63, 3.8) is 0 Å². The van der Waals surface area contributed by atoms with Gasteiger partial charge in [-0.3, -0.25) is 9.78 Å². The number of piperidine rings is 1. The Balaban J connectivity index is 1.59. The summed E-state index contributed by atoms with van der Waals surface area (Å²) in [5.41, 5.74) is 0.190. The fourth-order valence-electron chi connectivity index (χ4n) is 2.97. The first-order valence-corrected chi connectivity index (χ1v) is 8.14. The number of carbonyl (C=O) groups excluding carboxylic acids is 1. The lowest BCUT2D eigenvalue weighted by Gasteiger charge is -2.32. The van der Waals surface area contributed by atoms with E-state index in [-0.39, 0.29) is 17.4 Å². The van der Waals surface area contributed by atoms with Crippen molar-refractivity contribution in [2.75, 3.05) is 18.0 Å². The molecule has 7 heteroatoms. The van der Waals surface area contributed by atoms with Gasteiger partial charge in [-0.25, -0.2) is 9.37 Å². The number of nitrogens with one attached hydrogen (secondary N) is 1. The van der Waals surface area contributed by atoms with Crippen LogP contribution in [0.3, 0.4) is 0 Å². The predicted molar refractivity (Wildman–Crippen MR) is 89.9 cm³/mol. The molecule has 2 heterocycles. The van der Waals surface area contributed by atoms with Crippen LogP contribution in [0.5, 0.6) is 0 Å². The second kappa shape index (κ2) is 7.71. The third-order valence-corrected chi connectivity index (χ3v) is 4.37. The Labute approximate surface area is 145 Å². The fourth-order valence-corrected chi connectivity index (χ4v) is 2.97. The molecule has 25 heavy (non-hydrogen) atoms. The highest BCUT2D eigenvalue weighted by atomic mass is 19.1. The molecule has 3 rings (SSSR count). The number of aromatic nitrogens is 2. The van der Waals surface area contributed by atoms with Gasteiger partial charge < -0.3 is 10.2 Å². The summed E-state index contributed by atoms with van der Waals surface area (Å²) in [6.45, 7) is 1.38. The number of nitrogens with zero attached hydrogens (tertiary/aromatic N) is 4. The molecule has 1 fully saturated rings. The molecule has 0 unspecified atom stereocenters. The zero-order chi connectivity index (χ0) is 17.6. The minimum absolute atomic E-state index is 0.190. The number of hydrogen-bond donors (Lipinski definition) is 1. The number of hydrogen-bond acceptors (Lipinski definition) is 5. The number of benzene rings is 1. The van der Waals surface area contributed by atoms with Crippen LogP contribution in [0.2, 0.25) is 0 Å². The van der Waals surface area contributed by atoms with Crippen molar-refractivity contribution in [2.24, 2.45) is 5.92 Å². The van der Waals surface area contributed by atoms with E-state index in [4.69, 9.17) is 0 Å². The molecule has 1 saturated heterocycles. The van der Waals surface area contributed by atoms with Crippen molar-refractivity contribution < 1.29 is 9.18 Å². The number of rotatable bonds is 4. The molecule has 2 aromatic rings. The molecule has 0 saturated carbocycles. The van der Waals surface area contributed by atoms with Crippen LogP contribution in [0, 0.1) is 23.1 Å². The maximum atomic E-state index is 13.8. The van der Waals surface area contributed by atoms with E-state index in [0.717, 1.165) is 5.82 Å². The molecule has 0 spiro atoms. The number of anilines is 1. The van der Waals surface area contributed by atoms with Gasteiger partial charge in [-0.2, -0.15) is 5.26 Å². The highest BCUT2D eigenvalue weighted by molar-refractivity contribution is 5.79. The molecular weight excluding hydrogens is 321 g/mol. The first kappa shape index (κ1) is 16.8. The largest absolute Gasteiger partial charge is 0.355 e. The summed E-state index contributed by atoms with van der Waals surface area (Å²) in [6, 6.07) is 6.98. The van der Waals surface area contributed by atoms with E-state index in [1.165, 1.54) is 12.1 Å². The molecule has 0 bridgehead atoms. The van der Waals surface area contributed by atoms with Crippen LogP contribution >= 0.6 is 0 Å². The van der Waals surface area contributed by atoms with E-state index in [0.29, 0.717) is 25.9 Å². The van der Waals surface area contributed by atoms with E-state index < -0.39 is 11.9 Å². The zero-order valence-corrected chi connectivity index (χ0v) is 13.6. The Morgan fingerprint density at radius 3 is 2.72 bits per heavy atom. The lowest BCUT2D eigenvalue weighted by atomic mass is 9.95. The topological polar surface area (TPSA) is 81.9 Å². The quantitative estimate of drug-likeness (QED) is 0.923. The summed E-state index contributed by atoms with van der Waals surface area (Å²) in [6.07, 6.45) is 6.26. The van der Waals surface area contributed by atoms with Crippen LogP contribution < -0.4 is 10.2 Å². The van der Waals surface area contributed by atoms with Crippen LogP contribution in [0.15, 0.2) is 42.9 Å². The van der Waals surface area contributed by atoms with Crippen LogP contribution in [0.1, 0.15) is 24.4 Å². The highest BCUT2D eigenvalue weighted by Crippen LogP contribution is 2.23. The smallest absolute Gasteiger partial charge is 0.224 e. The molecule has 1 aromatic heterocycles. The van der Waals surface area contributed by atoms with Gasteiger partial charge in [0.15, 0.2) is 0 Å². The Hall–Kier alpha value is -3.01. The minimum Gasteiger partial charge on any atom is -0.355 e. The van der Waals surface area contributed by atoms with Gasteiger partial charge in [0, 0.05) is 37.0 Å². The van der Waals surface area contributed by atoms with Crippen LogP contribution in [0.25, 0.3) is 0 Å². The third kappa shape index (κ3) is 3.91. The van der Waals surface area contributed by atoms with Crippen molar-refractivity contribution in [3.05, 3.63) is 54.2 Å². The average molecular weight is 339 g/mol. The summed E-state index contributed by atoms with van der Waals surface area (Å²) >= 11 is 0. The van der Waals surface area contributed by atoms with Gasteiger partial charge >= 0.3 is 0 Å². The molecule has 6 nitrogen and oxygen atoms in total. The van der Waals surface area contributed by atoms with Crippen LogP contribution in [-0.2, 0) is 4.79 Å². The summed E-state index contributed by atoms with van der Waals surface area (Å²) in [5.74, 6) is -0.112.